The summed E-state index contributed by atoms with van der Waals surface area (Å²) in [5.74, 6) is -0.435. The molecule has 0 aliphatic carbocycles. The molecule has 0 amide bonds. The Bertz CT molecular complexity index is 312. The fraction of sp³-hybridized carbons (Fsp3) is 0.143. The lowest BCUT2D eigenvalue weighted by Crippen LogP contribution is -2.15. The molecule has 0 spiro atoms. The SMILES string of the molecule is Oc1ccc(OC(F)(F)Cl)cc1Cl. The summed E-state index contributed by atoms with van der Waals surface area (Å²) < 4.78 is 28.1. The van der Waals surface area contributed by atoms with Gasteiger partial charge in [-0.2, -0.15) is 0 Å². The molecular weight excluding hydrogens is 225 g/mol. The highest BCUT2D eigenvalue weighted by Crippen LogP contribution is 2.31. The van der Waals surface area contributed by atoms with E-state index in [2.05, 4.69) is 16.3 Å². The summed E-state index contributed by atoms with van der Waals surface area (Å²) in [5.41, 5.74) is -3.78. The quantitative estimate of drug-likeness (QED) is 0.789. The molecule has 0 heterocycles. The molecule has 0 fully saturated rings. The van der Waals surface area contributed by atoms with Crippen LogP contribution >= 0.6 is 23.2 Å². The van der Waals surface area contributed by atoms with E-state index in [1.807, 2.05) is 0 Å². The van der Waals surface area contributed by atoms with Crippen LogP contribution in [-0.4, -0.2) is 10.7 Å². The number of ether oxygens (including phenoxy) is 1. The van der Waals surface area contributed by atoms with Crippen LogP contribution in [0.4, 0.5) is 8.78 Å². The maximum Gasteiger partial charge on any atom is 0.487 e. The van der Waals surface area contributed by atoms with Crippen LogP contribution in [0, 0.1) is 0 Å². The number of hydrogen-bond donors (Lipinski definition) is 1. The molecule has 1 aromatic rings. The van der Waals surface area contributed by atoms with Gasteiger partial charge in [0, 0.05) is 17.7 Å². The number of halogens is 4. The molecule has 6 heteroatoms. The molecule has 13 heavy (non-hydrogen) atoms. The van der Waals surface area contributed by atoms with Crippen LogP contribution in [-0.2, 0) is 0 Å². The van der Waals surface area contributed by atoms with E-state index in [1.165, 1.54) is 0 Å². The van der Waals surface area contributed by atoms with E-state index in [1.54, 1.807) is 0 Å². The molecule has 0 saturated heterocycles. The Kier molecular flexibility index (Phi) is 2.83. The summed E-state index contributed by atoms with van der Waals surface area (Å²) >= 11 is 9.92. The predicted molar refractivity (Wildman–Crippen MR) is 44.5 cm³/mol. The minimum Gasteiger partial charge on any atom is -0.506 e. The molecule has 0 atom stereocenters. The molecule has 0 aliphatic rings. The third-order valence-corrected chi connectivity index (χ3v) is 1.53. The maximum absolute atomic E-state index is 12.1. The van der Waals surface area contributed by atoms with Crippen molar-refractivity contribution in [3.8, 4) is 11.5 Å². The molecule has 0 aromatic heterocycles. The van der Waals surface area contributed by atoms with Gasteiger partial charge in [0.15, 0.2) is 0 Å². The number of rotatable bonds is 2. The highest BCUT2D eigenvalue weighted by molar-refractivity contribution is 6.32. The van der Waals surface area contributed by atoms with Crippen molar-refractivity contribution < 1.29 is 18.6 Å². The van der Waals surface area contributed by atoms with Gasteiger partial charge >= 0.3 is 5.57 Å². The van der Waals surface area contributed by atoms with E-state index >= 15 is 0 Å². The number of aromatic hydroxyl groups is 1. The minimum absolute atomic E-state index is 0.0848. The normalized spacial score (nSPS) is 11.4. The average Bonchev–Trinajstić information content (AvgIpc) is 1.94. The van der Waals surface area contributed by atoms with Crippen molar-refractivity contribution in [3.63, 3.8) is 0 Å². The highest BCUT2D eigenvalue weighted by Gasteiger charge is 2.27. The third kappa shape index (κ3) is 3.24. The zero-order chi connectivity index (χ0) is 10.1. The molecular formula is C7H4Cl2F2O2. The van der Waals surface area contributed by atoms with Gasteiger partial charge in [-0.3, -0.25) is 0 Å². The predicted octanol–water partition coefficient (Wildman–Crippen LogP) is 3.21. The Morgan fingerprint density at radius 2 is 2.00 bits per heavy atom. The molecule has 72 valence electrons. The van der Waals surface area contributed by atoms with Crippen LogP contribution in [0.15, 0.2) is 18.2 Å². The fourth-order valence-electron chi connectivity index (χ4n) is 0.685. The van der Waals surface area contributed by atoms with Crippen molar-refractivity contribution in [1.82, 2.24) is 0 Å². The van der Waals surface area contributed by atoms with Gasteiger partial charge in [0.05, 0.1) is 5.02 Å². The second-order valence-electron chi connectivity index (χ2n) is 2.16. The zero-order valence-electron chi connectivity index (χ0n) is 6.10. The van der Waals surface area contributed by atoms with Crippen molar-refractivity contribution in [2.24, 2.45) is 0 Å². The van der Waals surface area contributed by atoms with Crippen molar-refractivity contribution in [2.75, 3.05) is 0 Å². The molecule has 0 radical (unpaired) electrons. The Hall–Kier alpha value is -0.740. The first-order valence-electron chi connectivity index (χ1n) is 3.13. The third-order valence-electron chi connectivity index (χ3n) is 1.15. The lowest BCUT2D eigenvalue weighted by molar-refractivity contribution is -0.0964. The van der Waals surface area contributed by atoms with Crippen LogP contribution in [0.3, 0.4) is 0 Å². The van der Waals surface area contributed by atoms with Crippen molar-refractivity contribution >= 4 is 23.2 Å². The van der Waals surface area contributed by atoms with Crippen molar-refractivity contribution in [2.45, 2.75) is 5.57 Å². The van der Waals surface area contributed by atoms with E-state index in [4.69, 9.17) is 16.7 Å². The summed E-state index contributed by atoms with van der Waals surface area (Å²) in [4.78, 5) is 0. The molecule has 1 rings (SSSR count). The van der Waals surface area contributed by atoms with Gasteiger partial charge in [-0.25, -0.2) is 0 Å². The van der Waals surface area contributed by atoms with Crippen molar-refractivity contribution in [1.29, 1.82) is 0 Å². The number of phenols is 1. The van der Waals surface area contributed by atoms with Crippen LogP contribution in [0.2, 0.25) is 5.02 Å². The topological polar surface area (TPSA) is 29.5 Å². The Morgan fingerprint density at radius 3 is 2.46 bits per heavy atom. The smallest absolute Gasteiger partial charge is 0.487 e. The van der Waals surface area contributed by atoms with E-state index in [-0.39, 0.29) is 16.5 Å². The van der Waals surface area contributed by atoms with E-state index in [9.17, 15) is 8.78 Å². The first kappa shape index (κ1) is 10.3. The number of benzene rings is 1. The molecule has 1 N–H and O–H groups in total. The van der Waals surface area contributed by atoms with Crippen LogP contribution in [0.1, 0.15) is 0 Å². The summed E-state index contributed by atoms with van der Waals surface area (Å²) in [5, 5.41) is 8.85. The molecule has 0 unspecified atom stereocenters. The van der Waals surface area contributed by atoms with Gasteiger partial charge in [0.25, 0.3) is 0 Å². The van der Waals surface area contributed by atoms with Crippen LogP contribution < -0.4 is 4.74 Å². The largest absolute Gasteiger partial charge is 0.506 e. The summed E-state index contributed by atoms with van der Waals surface area (Å²) in [7, 11) is 0. The second-order valence-corrected chi connectivity index (χ2v) is 3.01. The summed E-state index contributed by atoms with van der Waals surface area (Å²) in [6.45, 7) is 0. The summed E-state index contributed by atoms with van der Waals surface area (Å²) in [6, 6.07) is 3.28. The number of alkyl halides is 3. The lowest BCUT2D eigenvalue weighted by Gasteiger charge is -2.10. The monoisotopic (exact) mass is 228 g/mol. The first-order chi connectivity index (χ1) is 5.88. The van der Waals surface area contributed by atoms with Gasteiger partial charge in [-0.15, -0.1) is 8.78 Å². The van der Waals surface area contributed by atoms with Gasteiger partial charge < -0.3 is 9.84 Å². The zero-order valence-corrected chi connectivity index (χ0v) is 7.61. The van der Waals surface area contributed by atoms with Gasteiger partial charge in [0.2, 0.25) is 0 Å². The van der Waals surface area contributed by atoms with Gasteiger partial charge in [-0.05, 0) is 12.1 Å². The lowest BCUT2D eigenvalue weighted by atomic mass is 10.3. The van der Waals surface area contributed by atoms with E-state index < -0.39 is 5.57 Å². The fourth-order valence-corrected chi connectivity index (χ4v) is 0.944. The van der Waals surface area contributed by atoms with Crippen LogP contribution in [0.25, 0.3) is 0 Å². The van der Waals surface area contributed by atoms with Gasteiger partial charge in [-0.1, -0.05) is 11.6 Å². The molecule has 2 nitrogen and oxygen atoms in total. The molecule has 0 saturated carbocycles. The van der Waals surface area contributed by atoms with E-state index in [0.717, 1.165) is 18.2 Å². The Balaban J connectivity index is 2.86. The van der Waals surface area contributed by atoms with E-state index in [0.29, 0.717) is 0 Å². The average molecular weight is 229 g/mol. The highest BCUT2D eigenvalue weighted by atomic mass is 35.5. The van der Waals surface area contributed by atoms with Crippen molar-refractivity contribution in [3.05, 3.63) is 23.2 Å². The number of hydrogen-bond acceptors (Lipinski definition) is 2. The molecule has 0 aliphatic heterocycles. The summed E-state index contributed by atoms with van der Waals surface area (Å²) in [6.07, 6.45) is 0. The van der Waals surface area contributed by atoms with Crippen LogP contribution in [0.5, 0.6) is 11.5 Å². The molecule has 1 aromatic carbocycles. The maximum atomic E-state index is 12.1. The standard InChI is InChI=1S/C7H4Cl2F2O2/c8-5-3-4(1-2-6(5)12)13-7(9,10)11/h1-3,12H. The Morgan fingerprint density at radius 1 is 1.38 bits per heavy atom. The minimum atomic E-state index is -3.78. The first-order valence-corrected chi connectivity index (χ1v) is 3.88. The second kappa shape index (κ2) is 3.55. The Labute approximate surface area is 82.6 Å². The van der Waals surface area contributed by atoms with Gasteiger partial charge in [0.1, 0.15) is 11.5 Å². The molecule has 0 bridgehead atoms. The number of phenolic OH excluding ortho intramolecular Hbond substituents is 1.